The molecule has 0 aliphatic heterocycles. The number of anilines is 2. The van der Waals surface area contributed by atoms with Crippen LogP contribution in [0.2, 0.25) is 0 Å². The zero-order valence-corrected chi connectivity index (χ0v) is 17.8. The molecule has 4 rings (SSSR count). The number of hydrogen-bond acceptors (Lipinski definition) is 5. The van der Waals surface area contributed by atoms with Gasteiger partial charge in [0.15, 0.2) is 5.52 Å². The molecular weight excluding hydrogens is 396 g/mol. The fourth-order valence-corrected chi connectivity index (χ4v) is 4.66. The first-order chi connectivity index (χ1) is 14.4. The van der Waals surface area contributed by atoms with E-state index in [1.165, 1.54) is 0 Å². The van der Waals surface area contributed by atoms with Gasteiger partial charge in [0.05, 0.1) is 17.5 Å². The van der Waals surface area contributed by atoms with Gasteiger partial charge in [0.2, 0.25) is 5.96 Å². The highest BCUT2D eigenvalue weighted by molar-refractivity contribution is 7.22. The number of thiazole rings is 1. The summed E-state index contributed by atoms with van der Waals surface area (Å²) in [7, 11) is 2.03. The van der Waals surface area contributed by atoms with Gasteiger partial charge in [-0.05, 0) is 43.4 Å². The van der Waals surface area contributed by atoms with Crippen molar-refractivity contribution in [1.82, 2.24) is 0 Å². The third-order valence-corrected chi connectivity index (χ3v) is 6.31. The molecule has 0 saturated carbocycles. The Hall–Kier alpha value is -3.65. The second-order valence-corrected chi connectivity index (χ2v) is 8.08. The molecule has 0 amide bonds. The van der Waals surface area contributed by atoms with Crippen LogP contribution in [0, 0.1) is 6.92 Å². The summed E-state index contributed by atoms with van der Waals surface area (Å²) in [4.78, 5) is 0. The van der Waals surface area contributed by atoms with Crippen LogP contribution in [0.5, 0.6) is 5.75 Å². The van der Waals surface area contributed by atoms with Crippen LogP contribution in [-0.2, 0) is 7.05 Å². The van der Waals surface area contributed by atoms with Crippen molar-refractivity contribution < 1.29 is 9.67 Å². The summed E-state index contributed by atoms with van der Waals surface area (Å²) >= 11 is 1.61. The van der Waals surface area contributed by atoms with E-state index in [1.54, 1.807) is 11.3 Å². The maximum Gasteiger partial charge on any atom is 0.339 e. The summed E-state index contributed by atoms with van der Waals surface area (Å²) < 4.78 is 3.18. The average Bonchev–Trinajstić information content (AvgIpc) is 3.06. The number of nitrogens with one attached hydrogen (secondary N) is 1. The standard InChI is InChI=1S/C22H22N6OS/c1-12-19(29)17-10-5-4-9-16(17)18-20(12)30-22(28(18)3)25-15-8-6-7-14(11-15)13(2)26-27-21(23)24/h4-11H,1-3H3,(H5,23,24,27,29)/p+1. The number of fused-ring (bicyclic) bond motifs is 3. The van der Waals surface area contributed by atoms with Crippen molar-refractivity contribution in [2.24, 2.45) is 28.7 Å². The molecule has 6 N–H and O–H groups in total. The zero-order valence-electron chi connectivity index (χ0n) is 17.0. The number of aromatic hydroxyl groups is 1. The van der Waals surface area contributed by atoms with E-state index in [4.69, 9.17) is 11.5 Å². The molecule has 4 aromatic rings. The number of phenols is 1. The van der Waals surface area contributed by atoms with Crippen LogP contribution >= 0.6 is 11.3 Å². The van der Waals surface area contributed by atoms with E-state index >= 15 is 0 Å². The number of rotatable bonds is 4. The van der Waals surface area contributed by atoms with Crippen molar-refractivity contribution in [3.8, 4) is 5.75 Å². The van der Waals surface area contributed by atoms with Gasteiger partial charge in [-0.2, -0.15) is 5.10 Å². The summed E-state index contributed by atoms with van der Waals surface area (Å²) in [5, 5.41) is 24.8. The van der Waals surface area contributed by atoms with Crippen LogP contribution in [0.25, 0.3) is 21.0 Å². The first kappa shape index (κ1) is 19.7. The molecule has 0 unspecified atom stereocenters. The van der Waals surface area contributed by atoms with Gasteiger partial charge in [-0.3, -0.25) is 0 Å². The van der Waals surface area contributed by atoms with Gasteiger partial charge >= 0.3 is 5.13 Å². The van der Waals surface area contributed by atoms with Crippen molar-refractivity contribution in [3.05, 3.63) is 59.7 Å². The second kappa shape index (κ2) is 7.64. The molecule has 0 atom stereocenters. The quantitative estimate of drug-likeness (QED) is 0.175. The third-order valence-electron chi connectivity index (χ3n) is 5.03. The molecule has 0 aliphatic rings. The second-order valence-electron chi connectivity index (χ2n) is 7.08. The van der Waals surface area contributed by atoms with Crippen LogP contribution in [-0.4, -0.2) is 16.8 Å². The molecule has 0 radical (unpaired) electrons. The van der Waals surface area contributed by atoms with Crippen LogP contribution in [0.15, 0.2) is 58.7 Å². The van der Waals surface area contributed by atoms with Crippen molar-refractivity contribution >= 4 is 54.8 Å². The van der Waals surface area contributed by atoms with E-state index in [9.17, 15) is 5.11 Å². The lowest BCUT2D eigenvalue weighted by Gasteiger charge is -2.06. The number of nitrogens with two attached hydrogens (primary N) is 2. The summed E-state index contributed by atoms with van der Waals surface area (Å²) in [6, 6.07) is 15.8. The van der Waals surface area contributed by atoms with E-state index < -0.39 is 0 Å². The monoisotopic (exact) mass is 419 g/mol. The Labute approximate surface area is 178 Å². The number of phenolic OH excluding ortho intramolecular Hbond substituents is 1. The summed E-state index contributed by atoms with van der Waals surface area (Å²) in [6.45, 7) is 3.80. The Morgan fingerprint density at radius 3 is 2.53 bits per heavy atom. The van der Waals surface area contributed by atoms with Crippen molar-refractivity contribution in [2.75, 3.05) is 5.32 Å². The van der Waals surface area contributed by atoms with Crippen molar-refractivity contribution in [2.45, 2.75) is 13.8 Å². The topological polar surface area (TPSA) is 113 Å². The number of guanidine groups is 1. The molecule has 0 saturated heterocycles. The number of nitrogens with zero attached hydrogens (tertiary/aromatic N) is 3. The van der Waals surface area contributed by atoms with Crippen LogP contribution in [0.3, 0.4) is 0 Å². The van der Waals surface area contributed by atoms with Gasteiger partial charge < -0.3 is 16.6 Å². The normalized spacial score (nSPS) is 11.8. The third kappa shape index (κ3) is 3.42. The highest BCUT2D eigenvalue weighted by Crippen LogP contribution is 2.40. The molecular formula is C22H23N6OS+. The maximum atomic E-state index is 10.7. The highest BCUT2D eigenvalue weighted by Gasteiger charge is 2.22. The molecule has 0 fully saturated rings. The number of aromatic nitrogens is 1. The van der Waals surface area contributed by atoms with Crippen LogP contribution in [0.4, 0.5) is 10.8 Å². The minimum atomic E-state index is -0.0771. The maximum absolute atomic E-state index is 10.7. The molecule has 30 heavy (non-hydrogen) atoms. The van der Waals surface area contributed by atoms with E-state index in [-0.39, 0.29) is 5.96 Å². The Kier molecular flexibility index (Phi) is 5.01. The van der Waals surface area contributed by atoms with Crippen molar-refractivity contribution in [1.29, 1.82) is 0 Å². The summed E-state index contributed by atoms with van der Waals surface area (Å²) in [5.74, 6) is 0.256. The molecule has 7 nitrogen and oxygen atoms in total. The fraction of sp³-hybridized carbons (Fsp3) is 0.136. The Morgan fingerprint density at radius 1 is 1.07 bits per heavy atom. The SMILES string of the molecule is CC(=NN=C(N)N)c1cccc(Nc2sc3c(C)c(O)c4ccccc4c3[n+]2C)c1. The largest absolute Gasteiger partial charge is 0.507 e. The molecule has 152 valence electrons. The van der Waals surface area contributed by atoms with Gasteiger partial charge in [-0.1, -0.05) is 30.3 Å². The Balaban J connectivity index is 1.79. The minimum Gasteiger partial charge on any atom is -0.507 e. The van der Waals surface area contributed by atoms with E-state index in [0.717, 1.165) is 42.9 Å². The van der Waals surface area contributed by atoms with Crippen LogP contribution in [0.1, 0.15) is 18.1 Å². The predicted molar refractivity (Wildman–Crippen MR) is 125 cm³/mol. The Morgan fingerprint density at radius 2 is 1.80 bits per heavy atom. The number of aryl methyl sites for hydroxylation is 2. The predicted octanol–water partition coefficient (Wildman–Crippen LogP) is 3.63. The van der Waals surface area contributed by atoms with Gasteiger partial charge in [-0.15, -0.1) is 5.10 Å². The minimum absolute atomic E-state index is 0.0771. The highest BCUT2D eigenvalue weighted by atomic mass is 32.1. The lowest BCUT2D eigenvalue weighted by Crippen LogP contribution is -2.29. The molecule has 1 aromatic heterocycles. The van der Waals surface area contributed by atoms with Crippen molar-refractivity contribution in [3.63, 3.8) is 0 Å². The number of hydrogen-bond donors (Lipinski definition) is 4. The van der Waals surface area contributed by atoms with Gasteiger partial charge in [0, 0.05) is 21.9 Å². The Bertz CT molecular complexity index is 1330. The van der Waals surface area contributed by atoms with E-state index in [2.05, 4.69) is 20.1 Å². The first-order valence-electron chi connectivity index (χ1n) is 9.40. The zero-order chi connectivity index (χ0) is 21.4. The summed E-state index contributed by atoms with van der Waals surface area (Å²) in [6.07, 6.45) is 0. The van der Waals surface area contributed by atoms with E-state index in [1.807, 2.05) is 69.4 Å². The van der Waals surface area contributed by atoms with Crippen LogP contribution < -0.4 is 21.4 Å². The molecule has 0 aliphatic carbocycles. The van der Waals surface area contributed by atoms with Gasteiger partial charge in [0.25, 0.3) is 0 Å². The lowest BCUT2D eigenvalue weighted by molar-refractivity contribution is -0.625. The van der Waals surface area contributed by atoms with Gasteiger partial charge in [-0.25, -0.2) is 9.88 Å². The molecule has 0 bridgehead atoms. The number of benzene rings is 3. The average molecular weight is 420 g/mol. The molecule has 0 spiro atoms. The van der Waals surface area contributed by atoms with Gasteiger partial charge in [0.1, 0.15) is 11.4 Å². The molecule has 3 aromatic carbocycles. The summed E-state index contributed by atoms with van der Waals surface area (Å²) in [5.41, 5.74) is 15.2. The fourth-order valence-electron chi connectivity index (χ4n) is 3.48. The first-order valence-corrected chi connectivity index (χ1v) is 10.2. The molecule has 8 heteroatoms. The van der Waals surface area contributed by atoms with E-state index in [0.29, 0.717) is 11.5 Å². The molecule has 1 heterocycles. The lowest BCUT2D eigenvalue weighted by atomic mass is 10.0. The smallest absolute Gasteiger partial charge is 0.339 e.